The van der Waals surface area contributed by atoms with Crippen molar-refractivity contribution < 1.29 is 14.3 Å². The van der Waals surface area contributed by atoms with E-state index in [4.69, 9.17) is 15.2 Å². The lowest BCUT2D eigenvalue weighted by Gasteiger charge is -2.48. The molecule has 0 aromatic heterocycles. The van der Waals surface area contributed by atoms with Gasteiger partial charge in [-0.25, -0.2) is 4.79 Å². The van der Waals surface area contributed by atoms with Crippen LogP contribution in [0.1, 0.15) is 77.0 Å². The summed E-state index contributed by atoms with van der Waals surface area (Å²) in [6.07, 6.45) is 2.11. The largest absolute Gasteiger partial charge is 0.463 e. The number of anilines is 1. The molecule has 1 atom stereocenters. The summed E-state index contributed by atoms with van der Waals surface area (Å²) in [6, 6.07) is 6.57. The van der Waals surface area contributed by atoms with Gasteiger partial charge in [0.25, 0.3) is 0 Å². The maximum atomic E-state index is 13.0. The molecule has 3 aliphatic rings. The first-order valence-corrected chi connectivity index (χ1v) is 11.4. The summed E-state index contributed by atoms with van der Waals surface area (Å²) in [5.41, 5.74) is 11.5. The van der Waals surface area contributed by atoms with Crippen LogP contribution < -0.4 is 10.6 Å². The Morgan fingerprint density at radius 2 is 1.78 bits per heavy atom. The molecule has 1 aromatic carbocycles. The molecule has 32 heavy (non-hydrogen) atoms. The molecule has 4 rings (SSSR count). The van der Waals surface area contributed by atoms with Gasteiger partial charge in [-0.15, -0.1) is 0 Å². The first-order valence-electron chi connectivity index (χ1n) is 11.4. The second-order valence-corrected chi connectivity index (χ2v) is 10.3. The molecule has 1 aromatic rings. The second-order valence-electron chi connectivity index (χ2n) is 10.3. The van der Waals surface area contributed by atoms with E-state index in [9.17, 15) is 10.1 Å². The zero-order valence-corrected chi connectivity index (χ0v) is 20.0. The van der Waals surface area contributed by atoms with Crippen LogP contribution in [0, 0.1) is 11.3 Å². The number of nitrogens with two attached hydrogens (primary N) is 1. The minimum absolute atomic E-state index is 0.0138. The number of allylic oxidation sites excluding steroid dienone is 2. The molecule has 1 unspecified atom stereocenters. The van der Waals surface area contributed by atoms with Gasteiger partial charge < -0.3 is 20.1 Å². The van der Waals surface area contributed by atoms with Gasteiger partial charge in [0.05, 0.1) is 18.1 Å². The predicted octanol–water partition coefficient (Wildman–Crippen LogP) is 4.50. The molecule has 0 amide bonds. The van der Waals surface area contributed by atoms with Crippen LogP contribution in [0.25, 0.3) is 0 Å². The Kier molecular flexibility index (Phi) is 5.27. The van der Waals surface area contributed by atoms with E-state index in [1.807, 2.05) is 0 Å². The fraction of sp³-hybridized carbons (Fsp3) is 0.538. The number of ether oxygens (including phenoxy) is 2. The van der Waals surface area contributed by atoms with Crippen molar-refractivity contribution in [3.63, 3.8) is 0 Å². The molecule has 6 nitrogen and oxygen atoms in total. The van der Waals surface area contributed by atoms with Crippen molar-refractivity contribution in [1.29, 1.82) is 5.26 Å². The van der Waals surface area contributed by atoms with Gasteiger partial charge in [0.15, 0.2) is 0 Å². The van der Waals surface area contributed by atoms with E-state index in [-0.39, 0.29) is 28.9 Å². The monoisotopic (exact) mass is 435 g/mol. The van der Waals surface area contributed by atoms with Crippen molar-refractivity contribution >= 4 is 11.7 Å². The molecule has 170 valence electrons. The van der Waals surface area contributed by atoms with Crippen molar-refractivity contribution in [2.24, 2.45) is 5.73 Å². The molecule has 3 heterocycles. The summed E-state index contributed by atoms with van der Waals surface area (Å²) in [6.45, 7) is 14.9. The van der Waals surface area contributed by atoms with Crippen LogP contribution in [-0.4, -0.2) is 25.7 Å². The van der Waals surface area contributed by atoms with Gasteiger partial charge in [-0.2, -0.15) is 5.26 Å². The topological polar surface area (TPSA) is 88.6 Å². The fourth-order valence-electron chi connectivity index (χ4n) is 5.32. The molecule has 0 radical (unpaired) electrons. The third kappa shape index (κ3) is 3.35. The Morgan fingerprint density at radius 1 is 1.22 bits per heavy atom. The van der Waals surface area contributed by atoms with Crippen molar-refractivity contribution in [2.45, 2.75) is 71.1 Å². The molecular formula is C26H33N3O3. The molecule has 0 fully saturated rings. The fourth-order valence-corrected chi connectivity index (χ4v) is 5.32. The van der Waals surface area contributed by atoms with E-state index in [0.29, 0.717) is 11.3 Å². The number of benzene rings is 1. The number of nitriles is 1. The predicted molar refractivity (Wildman–Crippen MR) is 124 cm³/mol. The van der Waals surface area contributed by atoms with E-state index in [0.717, 1.165) is 31.5 Å². The van der Waals surface area contributed by atoms with Crippen molar-refractivity contribution in [3.8, 4) is 6.07 Å². The Balaban J connectivity index is 2.00. The first kappa shape index (κ1) is 22.3. The van der Waals surface area contributed by atoms with Crippen molar-refractivity contribution in [3.05, 3.63) is 51.6 Å². The van der Waals surface area contributed by atoms with Crippen LogP contribution in [0.3, 0.4) is 0 Å². The summed E-state index contributed by atoms with van der Waals surface area (Å²) in [4.78, 5) is 15.5. The molecular weight excluding hydrogens is 402 g/mol. The molecule has 0 saturated heterocycles. The first-order chi connectivity index (χ1) is 15.0. The average Bonchev–Trinajstić information content (AvgIpc) is 2.71. The Morgan fingerprint density at radius 3 is 2.28 bits per heavy atom. The average molecular weight is 436 g/mol. The van der Waals surface area contributed by atoms with E-state index in [1.165, 1.54) is 16.8 Å². The Hall–Kier alpha value is -2.94. The van der Waals surface area contributed by atoms with E-state index >= 15 is 0 Å². The number of carbonyl (C=O) groups excluding carboxylic acids is 1. The number of hydrogen-bond donors (Lipinski definition) is 1. The maximum absolute atomic E-state index is 13.0. The van der Waals surface area contributed by atoms with Gasteiger partial charge in [-0.3, -0.25) is 0 Å². The number of esters is 1. The van der Waals surface area contributed by atoms with Gasteiger partial charge in [-0.1, -0.05) is 39.8 Å². The third-order valence-electron chi connectivity index (χ3n) is 7.35. The summed E-state index contributed by atoms with van der Waals surface area (Å²) in [5.74, 6) is -0.647. The summed E-state index contributed by atoms with van der Waals surface area (Å²) in [7, 11) is 0. The highest BCUT2D eigenvalue weighted by Crippen LogP contribution is 2.51. The van der Waals surface area contributed by atoms with Gasteiger partial charge in [0.2, 0.25) is 5.88 Å². The van der Waals surface area contributed by atoms with Gasteiger partial charge in [-0.05, 0) is 54.2 Å². The normalized spacial score (nSPS) is 23.3. The van der Waals surface area contributed by atoms with Crippen LogP contribution in [0.4, 0.5) is 5.69 Å². The van der Waals surface area contributed by atoms with Crippen LogP contribution in [0.2, 0.25) is 0 Å². The third-order valence-corrected chi connectivity index (χ3v) is 7.35. The molecule has 0 aliphatic carbocycles. The van der Waals surface area contributed by atoms with Gasteiger partial charge >= 0.3 is 5.97 Å². The zero-order chi connectivity index (χ0) is 23.4. The molecule has 0 bridgehead atoms. The summed E-state index contributed by atoms with van der Waals surface area (Å²) in [5, 5.41) is 9.98. The highest BCUT2D eigenvalue weighted by atomic mass is 16.5. The van der Waals surface area contributed by atoms with Gasteiger partial charge in [0, 0.05) is 18.8 Å². The number of nitrogens with zero attached hydrogens (tertiary/aromatic N) is 2. The van der Waals surface area contributed by atoms with Gasteiger partial charge in [0.1, 0.15) is 17.4 Å². The lowest BCUT2D eigenvalue weighted by Crippen LogP contribution is -2.45. The van der Waals surface area contributed by atoms with Crippen LogP contribution >= 0.6 is 0 Å². The van der Waals surface area contributed by atoms with Crippen LogP contribution in [0.15, 0.2) is 34.9 Å². The smallest absolute Gasteiger partial charge is 0.338 e. The Labute approximate surface area is 190 Å². The highest BCUT2D eigenvalue weighted by molar-refractivity contribution is 5.92. The molecule has 6 heteroatoms. The Bertz CT molecular complexity index is 1050. The summed E-state index contributed by atoms with van der Waals surface area (Å²) < 4.78 is 11.0. The SMILES string of the molecule is CCOC(=O)C1=C(C)OC(N)=C(C#N)C1c1cc2c3c(c1)C(C)(C)CCN3CCC2(C)C. The van der Waals surface area contributed by atoms with Crippen molar-refractivity contribution in [1.82, 2.24) is 0 Å². The minimum Gasteiger partial charge on any atom is -0.463 e. The van der Waals surface area contributed by atoms with E-state index in [2.05, 4.69) is 50.8 Å². The number of carbonyl (C=O) groups is 1. The van der Waals surface area contributed by atoms with Crippen LogP contribution in [-0.2, 0) is 25.1 Å². The molecule has 0 spiro atoms. The highest BCUT2D eigenvalue weighted by Gasteiger charge is 2.43. The molecule has 3 aliphatic heterocycles. The molecule has 2 N–H and O–H groups in total. The summed E-state index contributed by atoms with van der Waals surface area (Å²) >= 11 is 0. The minimum atomic E-state index is -0.613. The zero-order valence-electron chi connectivity index (χ0n) is 20.0. The maximum Gasteiger partial charge on any atom is 0.338 e. The van der Waals surface area contributed by atoms with E-state index in [1.54, 1.807) is 13.8 Å². The van der Waals surface area contributed by atoms with E-state index < -0.39 is 11.9 Å². The lowest BCUT2D eigenvalue weighted by molar-refractivity contribution is -0.139. The van der Waals surface area contributed by atoms with Crippen molar-refractivity contribution in [2.75, 3.05) is 24.6 Å². The lowest BCUT2D eigenvalue weighted by atomic mass is 9.67. The second kappa shape index (κ2) is 7.58. The number of rotatable bonds is 3. The van der Waals surface area contributed by atoms with Crippen LogP contribution in [0.5, 0.6) is 0 Å². The quantitative estimate of drug-likeness (QED) is 0.703. The standard InChI is InChI=1S/C26H33N3O3/c1-7-31-24(30)20-15(2)32-23(28)17(14-27)21(20)16-12-18-22-19(13-16)26(5,6)9-11-29(22)10-8-25(18,3)4/h12-13,21H,7-11,28H2,1-6H3. The number of hydrogen-bond acceptors (Lipinski definition) is 6. The molecule has 0 saturated carbocycles.